The molecule has 4 rings (SSSR count). The van der Waals surface area contributed by atoms with Crippen molar-refractivity contribution < 1.29 is 9.66 Å². The molecule has 1 aliphatic carbocycles. The first-order valence-electron chi connectivity index (χ1n) is 8.14. The second-order valence-corrected chi connectivity index (χ2v) is 6.78. The molecule has 2 aromatic rings. The molecule has 2 aliphatic rings. The minimum atomic E-state index is -0.437. The summed E-state index contributed by atoms with van der Waals surface area (Å²) in [6, 6.07) is 11.0. The van der Waals surface area contributed by atoms with Crippen molar-refractivity contribution in [1.29, 1.82) is 0 Å². The number of nitro groups is 1. The zero-order valence-corrected chi connectivity index (χ0v) is 14.4. The van der Waals surface area contributed by atoms with E-state index in [-0.39, 0.29) is 22.7 Å². The molecule has 0 unspecified atom stereocenters. The molecule has 2 aromatic carbocycles. The van der Waals surface area contributed by atoms with Crippen LogP contribution in [0.2, 0.25) is 5.02 Å². The normalized spacial score (nSPS) is 23.5. The van der Waals surface area contributed by atoms with Gasteiger partial charge in [-0.25, -0.2) is 0 Å². The van der Waals surface area contributed by atoms with Crippen molar-refractivity contribution in [2.75, 3.05) is 12.4 Å². The van der Waals surface area contributed by atoms with Crippen LogP contribution in [0.5, 0.6) is 5.75 Å². The summed E-state index contributed by atoms with van der Waals surface area (Å²) in [5, 5.41) is 15.0. The van der Waals surface area contributed by atoms with Crippen LogP contribution in [0.25, 0.3) is 0 Å². The Balaban J connectivity index is 1.81. The maximum atomic E-state index is 11.3. The Bertz CT molecular complexity index is 881. The Morgan fingerprint density at radius 2 is 2.16 bits per heavy atom. The van der Waals surface area contributed by atoms with Gasteiger partial charge in [0.05, 0.1) is 23.8 Å². The number of benzene rings is 2. The number of nitrogens with one attached hydrogen (secondary N) is 1. The van der Waals surface area contributed by atoms with E-state index in [1.165, 1.54) is 5.56 Å². The number of allylic oxidation sites excluding steroid dienone is 2. The number of hydrogen-bond acceptors (Lipinski definition) is 4. The number of nitrogens with zero attached hydrogens (tertiary/aromatic N) is 1. The van der Waals surface area contributed by atoms with Crippen LogP contribution in [0, 0.1) is 16.0 Å². The van der Waals surface area contributed by atoms with E-state index in [0.717, 1.165) is 23.4 Å². The van der Waals surface area contributed by atoms with Crippen LogP contribution in [0.15, 0.2) is 48.6 Å². The van der Waals surface area contributed by atoms with Gasteiger partial charge in [0.15, 0.2) is 0 Å². The molecular weight excluding hydrogens is 340 g/mol. The summed E-state index contributed by atoms with van der Waals surface area (Å²) in [4.78, 5) is 10.8. The maximum Gasteiger partial charge on any atom is 0.288 e. The van der Waals surface area contributed by atoms with Gasteiger partial charge >= 0.3 is 0 Å². The number of para-hydroxylation sites is 1. The lowest BCUT2D eigenvalue weighted by molar-refractivity contribution is -0.384. The average molecular weight is 357 g/mol. The van der Waals surface area contributed by atoms with Crippen LogP contribution in [-0.2, 0) is 0 Å². The summed E-state index contributed by atoms with van der Waals surface area (Å²) in [5.41, 5.74) is 2.97. The molecule has 3 atom stereocenters. The van der Waals surface area contributed by atoms with Crippen molar-refractivity contribution in [1.82, 2.24) is 0 Å². The number of hydrogen-bond donors (Lipinski definition) is 1. The molecule has 0 bridgehead atoms. The van der Waals surface area contributed by atoms with E-state index in [1.54, 1.807) is 19.2 Å². The third-order valence-corrected chi connectivity index (χ3v) is 5.42. The third-order valence-electron chi connectivity index (χ3n) is 5.10. The molecule has 0 amide bonds. The van der Waals surface area contributed by atoms with E-state index in [2.05, 4.69) is 23.5 Å². The number of methoxy groups -OCH3 is 1. The van der Waals surface area contributed by atoms with Crippen LogP contribution < -0.4 is 10.1 Å². The van der Waals surface area contributed by atoms with Gasteiger partial charge in [0.2, 0.25) is 0 Å². The molecule has 1 heterocycles. The van der Waals surface area contributed by atoms with Crippen LogP contribution in [0.1, 0.15) is 29.5 Å². The Labute approximate surface area is 150 Å². The Hall–Kier alpha value is -2.53. The van der Waals surface area contributed by atoms with Crippen molar-refractivity contribution in [2.24, 2.45) is 5.92 Å². The van der Waals surface area contributed by atoms with Gasteiger partial charge in [0, 0.05) is 12.0 Å². The molecule has 0 saturated carbocycles. The number of halogens is 1. The molecule has 5 nitrogen and oxygen atoms in total. The van der Waals surface area contributed by atoms with Gasteiger partial charge in [0.25, 0.3) is 5.69 Å². The Morgan fingerprint density at radius 1 is 1.32 bits per heavy atom. The molecule has 6 heteroatoms. The Kier molecular flexibility index (Phi) is 3.88. The van der Waals surface area contributed by atoms with Gasteiger partial charge in [-0.15, -0.1) is 0 Å². The quantitative estimate of drug-likeness (QED) is 0.473. The molecule has 0 radical (unpaired) electrons. The third kappa shape index (κ3) is 2.55. The molecule has 25 heavy (non-hydrogen) atoms. The number of ether oxygens (including phenoxy) is 1. The lowest BCUT2D eigenvalue weighted by Gasteiger charge is -2.38. The van der Waals surface area contributed by atoms with E-state index in [9.17, 15) is 10.1 Å². The highest BCUT2D eigenvalue weighted by Crippen LogP contribution is 2.52. The van der Waals surface area contributed by atoms with Crippen molar-refractivity contribution >= 4 is 23.0 Å². The van der Waals surface area contributed by atoms with Crippen LogP contribution in [0.3, 0.4) is 0 Å². The molecule has 1 N–H and O–H groups in total. The summed E-state index contributed by atoms with van der Waals surface area (Å²) in [7, 11) is 1.65. The largest absolute Gasteiger partial charge is 0.495 e. The first-order chi connectivity index (χ1) is 12.1. The first-order valence-corrected chi connectivity index (χ1v) is 8.52. The Morgan fingerprint density at radius 3 is 2.92 bits per heavy atom. The molecule has 0 spiro atoms. The summed E-state index contributed by atoms with van der Waals surface area (Å²) in [6.07, 6.45) is 5.33. The highest BCUT2D eigenvalue weighted by molar-refractivity contribution is 6.32. The molecule has 128 valence electrons. The monoisotopic (exact) mass is 356 g/mol. The lowest BCUT2D eigenvalue weighted by atomic mass is 9.77. The summed E-state index contributed by atoms with van der Waals surface area (Å²) >= 11 is 5.98. The van der Waals surface area contributed by atoms with Gasteiger partial charge in [0.1, 0.15) is 10.8 Å². The molecule has 1 aliphatic heterocycles. The second kappa shape index (κ2) is 6.08. The van der Waals surface area contributed by atoms with Gasteiger partial charge in [-0.1, -0.05) is 42.0 Å². The fourth-order valence-corrected chi connectivity index (χ4v) is 4.14. The fraction of sp³-hybridized carbons (Fsp3) is 0.263. The topological polar surface area (TPSA) is 64.4 Å². The SMILES string of the molecule is COc1cccc2c1N[C@H](c1ccc(Cl)c([N+](=O)[O-])c1)[C@@H]1CC=C[C@@H]21. The van der Waals surface area contributed by atoms with E-state index >= 15 is 0 Å². The lowest BCUT2D eigenvalue weighted by Crippen LogP contribution is -2.29. The summed E-state index contributed by atoms with van der Waals surface area (Å²) < 4.78 is 5.51. The van der Waals surface area contributed by atoms with Crippen molar-refractivity contribution in [2.45, 2.75) is 18.4 Å². The van der Waals surface area contributed by atoms with Crippen molar-refractivity contribution in [3.63, 3.8) is 0 Å². The number of anilines is 1. The zero-order chi connectivity index (χ0) is 17.6. The number of fused-ring (bicyclic) bond motifs is 3. The summed E-state index contributed by atoms with van der Waals surface area (Å²) in [5.74, 6) is 1.36. The van der Waals surface area contributed by atoms with E-state index in [0.29, 0.717) is 5.92 Å². The standard InChI is InChI=1S/C19H17ClN2O3/c1-25-17-7-3-6-14-12-4-2-5-13(12)18(21-19(14)17)11-8-9-15(20)16(10-11)22(23)24/h2-4,6-10,12-13,18,21H,5H2,1H3/t12-,13-,18-/m1/s1. The van der Waals surface area contributed by atoms with Crippen molar-refractivity contribution in [3.05, 3.63) is 74.8 Å². The zero-order valence-electron chi connectivity index (χ0n) is 13.6. The van der Waals surface area contributed by atoms with E-state index in [1.807, 2.05) is 18.2 Å². The second-order valence-electron chi connectivity index (χ2n) is 6.37. The smallest absolute Gasteiger partial charge is 0.288 e. The minimum absolute atomic E-state index is 0.0419. The van der Waals surface area contributed by atoms with Gasteiger partial charge in [-0.3, -0.25) is 10.1 Å². The fourth-order valence-electron chi connectivity index (χ4n) is 3.96. The van der Waals surface area contributed by atoms with Gasteiger partial charge < -0.3 is 10.1 Å². The number of rotatable bonds is 3. The summed E-state index contributed by atoms with van der Waals surface area (Å²) in [6.45, 7) is 0. The van der Waals surface area contributed by atoms with Crippen LogP contribution >= 0.6 is 11.6 Å². The molecule has 0 aromatic heterocycles. The van der Waals surface area contributed by atoms with Gasteiger partial charge in [-0.05, 0) is 35.6 Å². The van der Waals surface area contributed by atoms with Crippen LogP contribution in [-0.4, -0.2) is 12.0 Å². The molecule has 0 saturated heterocycles. The average Bonchev–Trinajstić information content (AvgIpc) is 3.10. The highest BCUT2D eigenvalue weighted by atomic mass is 35.5. The highest BCUT2D eigenvalue weighted by Gasteiger charge is 2.39. The molecular formula is C19H17ClN2O3. The minimum Gasteiger partial charge on any atom is -0.495 e. The number of nitro benzene ring substituents is 1. The predicted octanol–water partition coefficient (Wildman–Crippen LogP) is 5.08. The van der Waals surface area contributed by atoms with E-state index < -0.39 is 4.92 Å². The van der Waals surface area contributed by atoms with Gasteiger partial charge in [-0.2, -0.15) is 0 Å². The first kappa shape index (κ1) is 16.0. The maximum absolute atomic E-state index is 11.3. The van der Waals surface area contributed by atoms with Crippen molar-refractivity contribution in [3.8, 4) is 5.75 Å². The molecule has 0 fully saturated rings. The van der Waals surface area contributed by atoms with Crippen LogP contribution in [0.4, 0.5) is 11.4 Å². The van der Waals surface area contributed by atoms with E-state index in [4.69, 9.17) is 16.3 Å². The predicted molar refractivity (Wildman–Crippen MR) is 97.5 cm³/mol.